The van der Waals surface area contributed by atoms with E-state index in [1.54, 1.807) is 34.1 Å². The van der Waals surface area contributed by atoms with Crippen LogP contribution in [0.5, 0.6) is 0 Å². The maximum Gasteiger partial charge on any atom is 0.263 e. The van der Waals surface area contributed by atoms with E-state index in [1.807, 2.05) is 19.1 Å². The highest BCUT2D eigenvalue weighted by Crippen LogP contribution is 2.38. The normalized spacial score (nSPS) is 14.4. The molecule has 0 saturated heterocycles. The summed E-state index contributed by atoms with van der Waals surface area (Å²) in [7, 11) is 0. The average Bonchev–Trinajstić information content (AvgIpc) is 3.41. The average molecular weight is 485 g/mol. The number of halogens is 1. The van der Waals surface area contributed by atoms with Gasteiger partial charge in [0, 0.05) is 22.0 Å². The van der Waals surface area contributed by atoms with E-state index in [2.05, 4.69) is 16.8 Å². The monoisotopic (exact) mass is 484 g/mol. The summed E-state index contributed by atoms with van der Waals surface area (Å²) in [5, 5.41) is 10.2. The zero-order valence-electron chi connectivity index (χ0n) is 17.5. The first-order valence-electron chi connectivity index (χ1n) is 10.5. The molecule has 1 aliphatic carbocycles. The molecular weight excluding hydrogens is 464 g/mol. The Bertz CT molecular complexity index is 1370. The van der Waals surface area contributed by atoms with Crippen LogP contribution in [-0.2, 0) is 19.4 Å². The van der Waals surface area contributed by atoms with Gasteiger partial charge in [-0.05, 0) is 56.4 Å². The summed E-state index contributed by atoms with van der Waals surface area (Å²) in [4.78, 5) is 20.4. The Morgan fingerprint density at radius 2 is 2.19 bits per heavy atom. The minimum absolute atomic E-state index is 0.00847. The van der Waals surface area contributed by atoms with Crippen molar-refractivity contribution in [3.05, 3.63) is 68.6 Å². The topological polar surface area (TPSA) is 73.8 Å². The number of fused-ring (bicyclic) bond motifs is 3. The molecule has 0 fully saturated rings. The maximum absolute atomic E-state index is 13.4. The Labute approximate surface area is 198 Å². The van der Waals surface area contributed by atoms with Crippen LogP contribution in [0.1, 0.15) is 41.3 Å². The smallest absolute Gasteiger partial charge is 0.263 e. The molecule has 5 rings (SSSR count). The van der Waals surface area contributed by atoms with Crippen LogP contribution in [0.25, 0.3) is 21.7 Å². The minimum Gasteiger partial charge on any atom is -0.419 e. The van der Waals surface area contributed by atoms with Crippen molar-refractivity contribution in [3.8, 4) is 11.5 Å². The highest BCUT2D eigenvalue weighted by atomic mass is 35.5. The molecule has 1 aliphatic rings. The van der Waals surface area contributed by atoms with Crippen molar-refractivity contribution >= 4 is 44.9 Å². The van der Waals surface area contributed by atoms with E-state index >= 15 is 0 Å². The van der Waals surface area contributed by atoms with E-state index in [-0.39, 0.29) is 10.8 Å². The van der Waals surface area contributed by atoms with Crippen LogP contribution in [0, 0.1) is 0 Å². The summed E-state index contributed by atoms with van der Waals surface area (Å²) in [6.45, 7) is 6.20. The molecule has 3 heterocycles. The molecule has 164 valence electrons. The first-order chi connectivity index (χ1) is 15.5. The van der Waals surface area contributed by atoms with Crippen molar-refractivity contribution in [2.24, 2.45) is 0 Å². The Hall–Kier alpha value is -2.42. The predicted octanol–water partition coefficient (Wildman–Crippen LogP) is 6.08. The van der Waals surface area contributed by atoms with Crippen molar-refractivity contribution in [2.75, 3.05) is 0 Å². The number of nitrogens with zero attached hydrogens (tertiary/aromatic N) is 4. The summed E-state index contributed by atoms with van der Waals surface area (Å²) in [6, 6.07) is 7.29. The third-order valence-electron chi connectivity index (χ3n) is 5.49. The van der Waals surface area contributed by atoms with Gasteiger partial charge in [-0.15, -0.1) is 28.1 Å². The van der Waals surface area contributed by atoms with Gasteiger partial charge in [0.05, 0.1) is 10.6 Å². The highest BCUT2D eigenvalue weighted by molar-refractivity contribution is 7.99. The number of aryl methyl sites for hydroxylation is 2. The summed E-state index contributed by atoms with van der Waals surface area (Å²) in [5.41, 5.74) is 1.97. The van der Waals surface area contributed by atoms with Crippen LogP contribution in [0.2, 0.25) is 5.02 Å². The molecule has 3 aromatic heterocycles. The minimum atomic E-state index is -0.189. The second kappa shape index (κ2) is 8.84. The van der Waals surface area contributed by atoms with Crippen LogP contribution in [0.15, 0.2) is 51.3 Å². The van der Waals surface area contributed by atoms with Gasteiger partial charge in [0.1, 0.15) is 4.83 Å². The van der Waals surface area contributed by atoms with Crippen molar-refractivity contribution in [2.45, 2.75) is 49.6 Å². The molecule has 0 radical (unpaired) electrons. The lowest BCUT2D eigenvalue weighted by Crippen LogP contribution is -2.23. The van der Waals surface area contributed by atoms with Gasteiger partial charge in [-0.3, -0.25) is 9.36 Å². The molecule has 1 atom stereocenters. The van der Waals surface area contributed by atoms with Gasteiger partial charge < -0.3 is 4.42 Å². The lowest BCUT2D eigenvalue weighted by molar-refractivity contribution is 0.508. The fourth-order valence-corrected chi connectivity index (χ4v) is 6.39. The number of thioether (sulfide) groups is 1. The number of benzene rings is 1. The predicted molar refractivity (Wildman–Crippen MR) is 130 cm³/mol. The molecule has 0 saturated carbocycles. The standard InChI is InChI=1S/C23H21ClN4O2S2/c1-3-11-28-22(29)18-16-9-4-5-10-17(16)32-21(18)25-23(28)31-13(2)19-26-27-20(30-19)14-7-6-8-15(24)12-14/h3,6-8,12-13H,1,4-5,9-11H2,2H3. The molecule has 9 heteroatoms. The SMILES string of the molecule is C=CCn1c(SC(C)c2nnc(-c3cccc(Cl)c3)o2)nc2sc3c(c2c1=O)CCCC3. The van der Waals surface area contributed by atoms with Gasteiger partial charge in [0.25, 0.3) is 5.56 Å². The number of hydrogen-bond donors (Lipinski definition) is 0. The number of thiophene rings is 1. The zero-order chi connectivity index (χ0) is 22.2. The number of aromatic nitrogens is 4. The first-order valence-corrected chi connectivity index (χ1v) is 12.5. The summed E-state index contributed by atoms with van der Waals surface area (Å²) >= 11 is 9.17. The van der Waals surface area contributed by atoms with Crippen molar-refractivity contribution < 1.29 is 4.42 Å². The van der Waals surface area contributed by atoms with Crippen LogP contribution in [-0.4, -0.2) is 19.7 Å². The molecule has 32 heavy (non-hydrogen) atoms. The number of rotatable bonds is 6. The van der Waals surface area contributed by atoms with Crippen LogP contribution < -0.4 is 5.56 Å². The Morgan fingerprint density at radius 3 is 3.00 bits per heavy atom. The van der Waals surface area contributed by atoms with Crippen LogP contribution in [0.4, 0.5) is 0 Å². The molecule has 0 N–H and O–H groups in total. The molecule has 4 aromatic rings. The largest absolute Gasteiger partial charge is 0.419 e. The molecule has 0 bridgehead atoms. The van der Waals surface area contributed by atoms with E-state index in [0.29, 0.717) is 28.5 Å². The van der Waals surface area contributed by atoms with E-state index in [4.69, 9.17) is 21.0 Å². The van der Waals surface area contributed by atoms with Gasteiger partial charge in [0.2, 0.25) is 11.8 Å². The van der Waals surface area contributed by atoms with Gasteiger partial charge in [0.15, 0.2) is 5.16 Å². The van der Waals surface area contributed by atoms with E-state index in [9.17, 15) is 4.79 Å². The molecule has 0 aliphatic heterocycles. The number of hydrogen-bond acceptors (Lipinski definition) is 7. The molecular formula is C23H21ClN4O2S2. The molecule has 1 aromatic carbocycles. The fraction of sp³-hybridized carbons (Fsp3) is 0.304. The molecule has 1 unspecified atom stereocenters. The summed E-state index contributed by atoms with van der Waals surface area (Å²) in [6.07, 6.45) is 6.01. The van der Waals surface area contributed by atoms with Crippen LogP contribution in [0.3, 0.4) is 0 Å². The first kappa shape index (κ1) is 21.4. The van der Waals surface area contributed by atoms with Gasteiger partial charge >= 0.3 is 0 Å². The van der Waals surface area contributed by atoms with Crippen molar-refractivity contribution in [3.63, 3.8) is 0 Å². The van der Waals surface area contributed by atoms with E-state index in [0.717, 1.165) is 35.0 Å². The van der Waals surface area contributed by atoms with Crippen molar-refractivity contribution in [1.29, 1.82) is 0 Å². The van der Waals surface area contributed by atoms with Gasteiger partial charge in [-0.25, -0.2) is 4.98 Å². The second-order valence-electron chi connectivity index (χ2n) is 7.71. The van der Waals surface area contributed by atoms with Crippen molar-refractivity contribution in [1.82, 2.24) is 19.7 Å². The highest BCUT2D eigenvalue weighted by Gasteiger charge is 2.24. The lowest BCUT2D eigenvalue weighted by Gasteiger charge is -2.13. The van der Waals surface area contributed by atoms with Gasteiger partial charge in [-0.1, -0.05) is 35.5 Å². The fourth-order valence-electron chi connectivity index (χ4n) is 3.95. The molecule has 0 spiro atoms. The lowest BCUT2D eigenvalue weighted by atomic mass is 9.97. The third-order valence-corrected chi connectivity index (χ3v) is 7.99. The summed E-state index contributed by atoms with van der Waals surface area (Å²) in [5.74, 6) is 0.878. The van der Waals surface area contributed by atoms with Crippen LogP contribution >= 0.6 is 34.7 Å². The Balaban J connectivity index is 1.50. The Morgan fingerprint density at radius 1 is 1.34 bits per heavy atom. The number of allylic oxidation sites excluding steroid dienone is 1. The maximum atomic E-state index is 13.4. The zero-order valence-corrected chi connectivity index (χ0v) is 19.9. The quantitative estimate of drug-likeness (QED) is 0.187. The summed E-state index contributed by atoms with van der Waals surface area (Å²) < 4.78 is 7.61. The third kappa shape index (κ3) is 3.91. The Kier molecular flexibility index (Phi) is 5.92. The molecule has 6 nitrogen and oxygen atoms in total. The van der Waals surface area contributed by atoms with E-state index < -0.39 is 0 Å². The second-order valence-corrected chi connectivity index (χ2v) is 10.5. The molecule has 0 amide bonds. The van der Waals surface area contributed by atoms with E-state index in [1.165, 1.54) is 28.6 Å². The van der Waals surface area contributed by atoms with Gasteiger partial charge in [-0.2, -0.15) is 0 Å².